The second kappa shape index (κ2) is 4.96. The summed E-state index contributed by atoms with van der Waals surface area (Å²) in [5, 5.41) is 8.58. The number of aliphatic hydroxyl groups is 1. The minimum absolute atomic E-state index is 0.0885. The standard InChI is InChI=1S/C14H14O2/c15-10-2-1-3-11-4-6-12(7-5-11)14(16)13-8-9-13/h4-7,13,15H,2,8-10H2. The molecule has 0 spiro atoms. The van der Waals surface area contributed by atoms with E-state index in [1.165, 1.54) is 0 Å². The van der Waals surface area contributed by atoms with Crippen LogP contribution >= 0.6 is 0 Å². The Morgan fingerprint density at radius 1 is 1.31 bits per heavy atom. The zero-order valence-electron chi connectivity index (χ0n) is 9.07. The third-order valence-electron chi connectivity index (χ3n) is 2.59. The Morgan fingerprint density at radius 2 is 2.00 bits per heavy atom. The summed E-state index contributed by atoms with van der Waals surface area (Å²) in [5.41, 5.74) is 1.68. The summed E-state index contributed by atoms with van der Waals surface area (Å²) in [4.78, 5) is 11.7. The van der Waals surface area contributed by atoms with Gasteiger partial charge in [-0.3, -0.25) is 4.79 Å². The van der Waals surface area contributed by atoms with Crippen molar-refractivity contribution in [3.05, 3.63) is 35.4 Å². The van der Waals surface area contributed by atoms with E-state index in [4.69, 9.17) is 5.11 Å². The van der Waals surface area contributed by atoms with Crippen molar-refractivity contribution in [2.24, 2.45) is 5.92 Å². The van der Waals surface area contributed by atoms with Gasteiger partial charge in [0, 0.05) is 23.5 Å². The number of aliphatic hydroxyl groups excluding tert-OH is 1. The van der Waals surface area contributed by atoms with Gasteiger partial charge in [0.15, 0.2) is 5.78 Å². The molecule has 1 N–H and O–H groups in total. The maximum atomic E-state index is 11.7. The molecular weight excluding hydrogens is 200 g/mol. The summed E-state index contributed by atoms with van der Waals surface area (Å²) in [7, 11) is 0. The predicted octanol–water partition coefficient (Wildman–Crippen LogP) is 2.01. The van der Waals surface area contributed by atoms with Crippen LogP contribution in [-0.4, -0.2) is 17.5 Å². The van der Waals surface area contributed by atoms with Crippen LogP contribution in [0.2, 0.25) is 0 Å². The highest BCUT2D eigenvalue weighted by Gasteiger charge is 2.30. The van der Waals surface area contributed by atoms with E-state index in [9.17, 15) is 4.79 Å². The van der Waals surface area contributed by atoms with E-state index in [2.05, 4.69) is 11.8 Å². The molecule has 2 nitrogen and oxygen atoms in total. The van der Waals surface area contributed by atoms with Gasteiger partial charge in [0.2, 0.25) is 0 Å². The number of benzene rings is 1. The Bertz CT molecular complexity index is 430. The first-order valence-electron chi connectivity index (χ1n) is 5.55. The van der Waals surface area contributed by atoms with Gasteiger partial charge in [-0.2, -0.15) is 0 Å². The smallest absolute Gasteiger partial charge is 0.165 e. The molecule has 0 saturated heterocycles. The van der Waals surface area contributed by atoms with Gasteiger partial charge < -0.3 is 5.11 Å². The van der Waals surface area contributed by atoms with Crippen molar-refractivity contribution in [3.63, 3.8) is 0 Å². The van der Waals surface area contributed by atoms with Gasteiger partial charge in [0.05, 0.1) is 6.61 Å². The first-order chi connectivity index (χ1) is 7.81. The third-order valence-corrected chi connectivity index (χ3v) is 2.59. The van der Waals surface area contributed by atoms with Crippen molar-refractivity contribution < 1.29 is 9.90 Å². The van der Waals surface area contributed by atoms with E-state index in [-0.39, 0.29) is 18.3 Å². The number of carbonyl (C=O) groups is 1. The number of hydrogen-bond donors (Lipinski definition) is 1. The molecule has 16 heavy (non-hydrogen) atoms. The SMILES string of the molecule is O=C(c1ccc(C#CCCO)cc1)C1CC1. The number of rotatable bonds is 3. The highest BCUT2D eigenvalue weighted by molar-refractivity contribution is 5.99. The zero-order chi connectivity index (χ0) is 11.4. The fourth-order valence-electron chi connectivity index (χ4n) is 1.52. The Balaban J connectivity index is 2.04. The van der Waals surface area contributed by atoms with Crippen molar-refractivity contribution in [1.29, 1.82) is 0 Å². The molecule has 0 aromatic heterocycles. The molecule has 2 heteroatoms. The molecule has 1 saturated carbocycles. The maximum absolute atomic E-state index is 11.7. The van der Waals surface area contributed by atoms with E-state index in [1.54, 1.807) is 0 Å². The summed E-state index contributed by atoms with van der Waals surface area (Å²) in [6.45, 7) is 0.0885. The molecule has 0 radical (unpaired) electrons. The Kier molecular flexibility index (Phi) is 3.38. The van der Waals surface area contributed by atoms with Gasteiger partial charge in [0.1, 0.15) is 0 Å². The zero-order valence-corrected chi connectivity index (χ0v) is 9.07. The lowest BCUT2D eigenvalue weighted by Gasteiger charge is -1.98. The maximum Gasteiger partial charge on any atom is 0.165 e. The molecule has 0 aliphatic heterocycles. The molecule has 0 heterocycles. The molecule has 1 aromatic rings. The van der Waals surface area contributed by atoms with Crippen LogP contribution in [0.25, 0.3) is 0 Å². The van der Waals surface area contributed by atoms with Crippen molar-refractivity contribution >= 4 is 5.78 Å². The van der Waals surface area contributed by atoms with Crippen molar-refractivity contribution in [1.82, 2.24) is 0 Å². The lowest BCUT2D eigenvalue weighted by atomic mass is 10.1. The average molecular weight is 214 g/mol. The van der Waals surface area contributed by atoms with Crippen LogP contribution in [0.3, 0.4) is 0 Å². The van der Waals surface area contributed by atoms with Crippen molar-refractivity contribution in [2.75, 3.05) is 6.61 Å². The van der Waals surface area contributed by atoms with Gasteiger partial charge in [-0.05, 0) is 25.0 Å². The van der Waals surface area contributed by atoms with E-state index < -0.39 is 0 Å². The second-order valence-corrected chi connectivity index (χ2v) is 3.99. The van der Waals surface area contributed by atoms with Gasteiger partial charge in [-0.1, -0.05) is 24.0 Å². The number of carbonyl (C=O) groups excluding carboxylic acids is 1. The fourth-order valence-corrected chi connectivity index (χ4v) is 1.52. The van der Waals surface area contributed by atoms with Crippen molar-refractivity contribution in [3.8, 4) is 11.8 Å². The largest absolute Gasteiger partial charge is 0.395 e. The number of ketones is 1. The molecule has 0 amide bonds. The van der Waals surface area contributed by atoms with Crippen LogP contribution in [0.1, 0.15) is 35.2 Å². The molecule has 1 fully saturated rings. The van der Waals surface area contributed by atoms with E-state index in [0.29, 0.717) is 6.42 Å². The topological polar surface area (TPSA) is 37.3 Å². The van der Waals surface area contributed by atoms with Gasteiger partial charge in [0.25, 0.3) is 0 Å². The lowest BCUT2D eigenvalue weighted by molar-refractivity contribution is 0.0967. The minimum atomic E-state index is 0.0885. The average Bonchev–Trinajstić information content (AvgIpc) is 3.13. The molecule has 1 aliphatic carbocycles. The first-order valence-corrected chi connectivity index (χ1v) is 5.55. The predicted molar refractivity (Wildman–Crippen MR) is 62.1 cm³/mol. The van der Waals surface area contributed by atoms with Crippen molar-refractivity contribution in [2.45, 2.75) is 19.3 Å². The Morgan fingerprint density at radius 3 is 2.56 bits per heavy atom. The summed E-state index contributed by atoms with van der Waals surface area (Å²) in [5.74, 6) is 6.31. The monoisotopic (exact) mass is 214 g/mol. The molecule has 0 atom stereocenters. The molecule has 0 bridgehead atoms. The van der Waals surface area contributed by atoms with E-state index >= 15 is 0 Å². The fraction of sp³-hybridized carbons (Fsp3) is 0.357. The van der Waals surface area contributed by atoms with Gasteiger partial charge >= 0.3 is 0 Å². The quantitative estimate of drug-likeness (QED) is 0.617. The molecule has 1 aromatic carbocycles. The third kappa shape index (κ3) is 2.71. The summed E-state index contributed by atoms with van der Waals surface area (Å²) in [6.07, 6.45) is 2.57. The summed E-state index contributed by atoms with van der Waals surface area (Å²) < 4.78 is 0. The summed E-state index contributed by atoms with van der Waals surface area (Å²) in [6, 6.07) is 7.40. The Hall–Kier alpha value is -1.59. The molecule has 2 rings (SSSR count). The van der Waals surface area contributed by atoms with E-state index in [0.717, 1.165) is 24.0 Å². The van der Waals surface area contributed by atoms with Crippen LogP contribution in [-0.2, 0) is 0 Å². The molecule has 0 unspecified atom stereocenters. The second-order valence-electron chi connectivity index (χ2n) is 3.99. The molecule has 82 valence electrons. The molecular formula is C14H14O2. The summed E-state index contributed by atoms with van der Waals surface area (Å²) >= 11 is 0. The van der Waals surface area contributed by atoms with Crippen LogP contribution in [0.15, 0.2) is 24.3 Å². The molecule has 1 aliphatic rings. The normalized spacial score (nSPS) is 14.1. The van der Waals surface area contributed by atoms with Gasteiger partial charge in [-0.15, -0.1) is 0 Å². The highest BCUT2D eigenvalue weighted by atomic mass is 16.2. The van der Waals surface area contributed by atoms with Gasteiger partial charge in [-0.25, -0.2) is 0 Å². The van der Waals surface area contributed by atoms with Crippen LogP contribution in [0, 0.1) is 17.8 Å². The van der Waals surface area contributed by atoms with Crippen LogP contribution in [0.5, 0.6) is 0 Å². The number of hydrogen-bond acceptors (Lipinski definition) is 2. The van der Waals surface area contributed by atoms with Crippen LogP contribution in [0.4, 0.5) is 0 Å². The highest BCUT2D eigenvalue weighted by Crippen LogP contribution is 2.32. The minimum Gasteiger partial charge on any atom is -0.395 e. The van der Waals surface area contributed by atoms with E-state index in [1.807, 2.05) is 24.3 Å². The Labute approximate surface area is 95.3 Å². The number of Topliss-reactive ketones (excluding diaryl/α,β-unsaturated/α-hetero) is 1. The van der Waals surface area contributed by atoms with Crippen LogP contribution < -0.4 is 0 Å². The lowest BCUT2D eigenvalue weighted by Crippen LogP contribution is -2.00. The first kappa shape index (κ1) is 10.9.